The van der Waals surface area contributed by atoms with E-state index >= 15 is 0 Å². The van der Waals surface area contributed by atoms with Crippen molar-refractivity contribution in [3.8, 4) is 5.75 Å². The van der Waals surface area contributed by atoms with Gasteiger partial charge in [0.2, 0.25) is 29.5 Å². The number of imide groups is 1. The fraction of sp³-hybridized carbons (Fsp3) is 0.550. The van der Waals surface area contributed by atoms with Crippen LogP contribution in [0.25, 0.3) is 11.0 Å². The summed E-state index contributed by atoms with van der Waals surface area (Å²) in [4.78, 5) is 77.4. The number of nitrogens with zero attached hydrogens (tertiary/aromatic N) is 3. The molecule has 5 amide bonds. The van der Waals surface area contributed by atoms with Crippen molar-refractivity contribution in [2.45, 2.75) is 127 Å². The molecule has 14 nitrogen and oxygen atoms in total. The number of piperidine rings is 1. The normalized spacial score (nSPS) is 22.2. The second kappa shape index (κ2) is 17.8. The maximum absolute atomic E-state index is 13.6. The Balaban J connectivity index is 1.02. The maximum Gasteiger partial charge on any atom is 0.329 e. The quantitative estimate of drug-likeness (QED) is 0.133. The van der Waals surface area contributed by atoms with Crippen LogP contribution in [0.15, 0.2) is 41.2 Å². The van der Waals surface area contributed by atoms with Crippen LogP contribution in [0.3, 0.4) is 0 Å². The van der Waals surface area contributed by atoms with E-state index in [0.717, 1.165) is 74.4 Å². The third kappa shape index (κ3) is 9.24. The monoisotopic (exact) mass is 777 g/mol. The summed E-state index contributed by atoms with van der Waals surface area (Å²) >= 11 is 6.82. The van der Waals surface area contributed by atoms with Crippen LogP contribution in [0.4, 0.5) is 0 Å². The van der Waals surface area contributed by atoms with Crippen LogP contribution in [0.5, 0.6) is 5.75 Å². The van der Waals surface area contributed by atoms with Crippen LogP contribution in [0.2, 0.25) is 5.02 Å². The molecule has 0 spiro atoms. The summed E-state index contributed by atoms with van der Waals surface area (Å²) in [7, 11) is 1.69. The van der Waals surface area contributed by atoms with Crippen LogP contribution in [-0.2, 0) is 43.9 Å². The lowest BCUT2D eigenvalue weighted by molar-refractivity contribution is -0.142. The van der Waals surface area contributed by atoms with E-state index in [4.69, 9.17) is 27.8 Å². The van der Waals surface area contributed by atoms with E-state index in [2.05, 4.69) is 10.6 Å². The minimum atomic E-state index is -0.716. The van der Waals surface area contributed by atoms with Gasteiger partial charge in [0.05, 0.1) is 28.1 Å². The predicted molar refractivity (Wildman–Crippen MR) is 207 cm³/mol. The number of amides is 5. The maximum atomic E-state index is 13.6. The van der Waals surface area contributed by atoms with Crippen LogP contribution in [-0.4, -0.2) is 74.3 Å². The summed E-state index contributed by atoms with van der Waals surface area (Å²) in [5, 5.41) is 5.86. The number of nitrogens with one attached hydrogen (secondary N) is 2. The Bertz CT molecular complexity index is 1990. The molecule has 3 aromatic rings. The van der Waals surface area contributed by atoms with E-state index in [-0.39, 0.29) is 55.3 Å². The average molecular weight is 778 g/mol. The highest BCUT2D eigenvalue weighted by atomic mass is 35.5. The number of aryl methyl sites for hydroxylation is 3. The molecule has 0 bridgehead atoms. The predicted octanol–water partition coefficient (Wildman–Crippen LogP) is 3.32. The minimum absolute atomic E-state index is 0.00407. The standard InChI is InChI=1S/C40H52ClN7O7/c1-46-32-22-24(14-17-29(32)48(40(46)54)31-19-21-35(50)45-38(31)52)8-3-2-4-9-25-10-7-13-33(36(25)41)55-23-26(15-20-34(43)49)44-37(51)30-18-16-27-11-5-6-12-28(42)39(53)47(27)30/h7,10,13-14,17,22,26-28,30-31H,2-6,8-9,11-12,15-16,18-21,23,42H2,1H3,(H2,43,49)(H,44,51)(H,45,50,52)/t26-,27-,28-,30-,31?/m0/s1. The van der Waals surface area contributed by atoms with Crippen LogP contribution in [0.1, 0.15) is 101 Å². The number of primary amides is 1. The van der Waals surface area contributed by atoms with Crippen LogP contribution >= 0.6 is 11.6 Å². The van der Waals surface area contributed by atoms with E-state index < -0.39 is 36.0 Å². The van der Waals surface area contributed by atoms with Crippen LogP contribution in [0, 0.1) is 0 Å². The number of nitrogens with two attached hydrogens (primary N) is 2. The number of carbonyl (C=O) groups is 5. The SMILES string of the molecule is Cn1c(=O)n(C2CCC(=O)NC2=O)c2ccc(CCCCCc3cccc(OC[C@H](CCC(N)=O)NC(=O)[C@@H]4CC[C@@H]5CCCC[C@H](N)C(=O)N54)c3Cl)cc21. The fourth-order valence-electron chi connectivity index (χ4n) is 8.29. The van der Waals surface area contributed by atoms with Gasteiger partial charge in [0.1, 0.15) is 24.4 Å². The number of imidazole rings is 1. The second-order valence-electron chi connectivity index (χ2n) is 15.2. The van der Waals surface area contributed by atoms with Gasteiger partial charge in [-0.15, -0.1) is 0 Å². The number of rotatable bonds is 15. The highest BCUT2D eigenvalue weighted by Gasteiger charge is 2.43. The molecule has 2 aromatic carbocycles. The lowest BCUT2D eigenvalue weighted by Crippen LogP contribution is -2.56. The molecule has 15 heteroatoms. The van der Waals surface area contributed by atoms with Gasteiger partial charge >= 0.3 is 5.69 Å². The van der Waals surface area contributed by atoms with E-state index in [0.29, 0.717) is 35.6 Å². The van der Waals surface area contributed by atoms with Crippen molar-refractivity contribution in [2.24, 2.45) is 18.5 Å². The van der Waals surface area contributed by atoms with Gasteiger partial charge in [0.25, 0.3) is 0 Å². The topological polar surface area (TPSA) is 201 Å². The zero-order valence-corrected chi connectivity index (χ0v) is 32.2. The smallest absolute Gasteiger partial charge is 0.329 e. The molecule has 0 aliphatic carbocycles. The van der Waals surface area contributed by atoms with Crippen molar-refractivity contribution in [1.29, 1.82) is 0 Å². The Morgan fingerprint density at radius 1 is 0.982 bits per heavy atom. The Morgan fingerprint density at radius 3 is 2.55 bits per heavy atom. The molecule has 296 valence electrons. The summed E-state index contributed by atoms with van der Waals surface area (Å²) in [6.45, 7) is 0.0681. The van der Waals surface area contributed by atoms with Crippen molar-refractivity contribution in [1.82, 2.24) is 24.7 Å². The first kappa shape index (κ1) is 40.0. The molecule has 5 atom stereocenters. The Kier molecular flexibility index (Phi) is 13.0. The zero-order chi connectivity index (χ0) is 39.2. The molecular formula is C40H52ClN7O7. The molecule has 4 heterocycles. The molecule has 1 aromatic heterocycles. The van der Waals surface area contributed by atoms with Gasteiger partial charge in [-0.2, -0.15) is 0 Å². The molecule has 6 rings (SSSR count). The largest absolute Gasteiger partial charge is 0.490 e. The summed E-state index contributed by atoms with van der Waals surface area (Å²) in [5.74, 6) is -1.24. The third-order valence-corrected chi connectivity index (χ3v) is 11.8. The lowest BCUT2D eigenvalue weighted by Gasteiger charge is -2.34. The number of fused-ring (bicyclic) bond motifs is 2. The van der Waals surface area contributed by atoms with Gasteiger partial charge in [0, 0.05) is 25.9 Å². The molecule has 0 saturated carbocycles. The number of carbonyl (C=O) groups excluding carboxylic acids is 5. The van der Waals surface area contributed by atoms with Gasteiger partial charge in [-0.3, -0.25) is 38.4 Å². The second-order valence-corrected chi connectivity index (χ2v) is 15.6. The number of ether oxygens (including phenoxy) is 1. The average Bonchev–Trinajstić information content (AvgIpc) is 3.68. The number of halogens is 1. The molecule has 3 fully saturated rings. The number of hydrogen-bond donors (Lipinski definition) is 4. The van der Waals surface area contributed by atoms with E-state index in [9.17, 15) is 28.8 Å². The molecule has 3 aliphatic heterocycles. The van der Waals surface area contributed by atoms with E-state index in [1.807, 2.05) is 30.3 Å². The van der Waals surface area contributed by atoms with Gasteiger partial charge < -0.3 is 26.4 Å². The Labute approximate surface area is 325 Å². The van der Waals surface area contributed by atoms with E-state index in [1.54, 1.807) is 22.6 Å². The van der Waals surface area contributed by atoms with Gasteiger partial charge in [-0.05, 0) is 93.5 Å². The molecule has 0 radical (unpaired) electrons. The van der Waals surface area contributed by atoms with E-state index in [1.165, 1.54) is 4.57 Å². The number of hydrogen-bond acceptors (Lipinski definition) is 8. The van der Waals surface area contributed by atoms with Crippen molar-refractivity contribution < 1.29 is 28.7 Å². The van der Waals surface area contributed by atoms with Crippen LogP contribution < -0.4 is 32.5 Å². The summed E-state index contributed by atoms with van der Waals surface area (Å²) < 4.78 is 9.18. The first-order valence-electron chi connectivity index (χ1n) is 19.5. The molecule has 3 saturated heterocycles. The number of aromatic nitrogens is 2. The van der Waals surface area contributed by atoms with Crippen molar-refractivity contribution in [3.63, 3.8) is 0 Å². The molecule has 1 unspecified atom stereocenters. The molecule has 6 N–H and O–H groups in total. The number of unbranched alkanes of at least 4 members (excludes halogenated alkanes) is 2. The summed E-state index contributed by atoms with van der Waals surface area (Å²) in [6, 6.07) is 9.00. The fourth-order valence-corrected chi connectivity index (χ4v) is 8.57. The number of benzene rings is 2. The third-order valence-electron chi connectivity index (χ3n) is 11.3. The molecule has 55 heavy (non-hydrogen) atoms. The minimum Gasteiger partial charge on any atom is -0.490 e. The van der Waals surface area contributed by atoms with Gasteiger partial charge in [-0.1, -0.05) is 49.1 Å². The first-order chi connectivity index (χ1) is 26.4. The lowest BCUT2D eigenvalue weighted by atomic mass is 9.99. The highest BCUT2D eigenvalue weighted by Crippen LogP contribution is 2.32. The zero-order valence-electron chi connectivity index (χ0n) is 31.4. The Hall–Kier alpha value is -4.69. The molecule has 3 aliphatic rings. The van der Waals surface area contributed by atoms with Crippen molar-refractivity contribution >= 4 is 52.2 Å². The van der Waals surface area contributed by atoms with Crippen molar-refractivity contribution in [3.05, 3.63) is 63.0 Å². The summed E-state index contributed by atoms with van der Waals surface area (Å²) in [6.07, 6.45) is 9.74. The highest BCUT2D eigenvalue weighted by molar-refractivity contribution is 6.32. The molecular weight excluding hydrogens is 726 g/mol. The Morgan fingerprint density at radius 2 is 1.76 bits per heavy atom. The summed E-state index contributed by atoms with van der Waals surface area (Å²) in [5.41, 5.74) is 14.8. The van der Waals surface area contributed by atoms with Gasteiger partial charge in [0.15, 0.2) is 0 Å². The van der Waals surface area contributed by atoms with Crippen molar-refractivity contribution in [2.75, 3.05) is 6.61 Å². The first-order valence-corrected chi connectivity index (χ1v) is 19.9. The van der Waals surface area contributed by atoms with Gasteiger partial charge in [-0.25, -0.2) is 4.79 Å².